The van der Waals surface area contributed by atoms with E-state index in [4.69, 9.17) is 16.9 Å². The zero-order valence-electron chi connectivity index (χ0n) is 9.31. The highest BCUT2D eigenvalue weighted by Crippen LogP contribution is 2.23. The number of hydrogen-bond donors (Lipinski definition) is 1. The summed E-state index contributed by atoms with van der Waals surface area (Å²) >= 11 is 7.31. The number of carbonyl (C=O) groups excluding carboxylic acids is 1. The van der Waals surface area contributed by atoms with E-state index in [1.807, 2.05) is 24.3 Å². The van der Waals surface area contributed by atoms with Crippen molar-refractivity contribution in [1.29, 1.82) is 5.26 Å². The van der Waals surface area contributed by atoms with E-state index in [2.05, 4.69) is 5.32 Å². The smallest absolute Gasteiger partial charge is 0.229 e. The zero-order chi connectivity index (χ0) is 13.0. The van der Waals surface area contributed by atoms with Crippen molar-refractivity contribution in [3.63, 3.8) is 0 Å². The molecule has 0 saturated heterocycles. The van der Waals surface area contributed by atoms with Crippen molar-refractivity contribution in [3.05, 3.63) is 51.9 Å². The first kappa shape index (κ1) is 12.6. The lowest BCUT2D eigenvalue weighted by Crippen LogP contribution is -2.14. The van der Waals surface area contributed by atoms with Crippen LogP contribution in [0.3, 0.4) is 0 Å². The summed E-state index contributed by atoms with van der Waals surface area (Å²) in [6.07, 6.45) is 0.197. The fourth-order valence-electron chi connectivity index (χ4n) is 1.48. The molecule has 0 aliphatic rings. The first-order valence-corrected chi connectivity index (χ1v) is 6.47. The van der Waals surface area contributed by atoms with E-state index in [9.17, 15) is 4.79 Å². The minimum atomic E-state index is -0.179. The van der Waals surface area contributed by atoms with E-state index in [1.54, 1.807) is 17.5 Å². The summed E-state index contributed by atoms with van der Waals surface area (Å²) in [7, 11) is 0. The Morgan fingerprint density at radius 3 is 2.89 bits per heavy atom. The number of nitrogens with zero attached hydrogens (tertiary/aromatic N) is 1. The van der Waals surface area contributed by atoms with E-state index in [0.29, 0.717) is 15.6 Å². The predicted molar refractivity (Wildman–Crippen MR) is 72.8 cm³/mol. The Morgan fingerprint density at radius 1 is 1.39 bits per heavy atom. The molecule has 18 heavy (non-hydrogen) atoms. The van der Waals surface area contributed by atoms with Gasteiger partial charge in [0.15, 0.2) is 0 Å². The highest BCUT2D eigenvalue weighted by atomic mass is 35.5. The molecule has 0 aliphatic carbocycles. The monoisotopic (exact) mass is 276 g/mol. The fourth-order valence-corrected chi connectivity index (χ4v) is 2.44. The molecule has 0 spiro atoms. The second kappa shape index (κ2) is 5.67. The summed E-state index contributed by atoms with van der Waals surface area (Å²) in [5, 5.41) is 14.5. The SMILES string of the molecule is N#Cc1ccsc1NC(=O)Cc1ccccc1Cl. The summed E-state index contributed by atoms with van der Waals surface area (Å²) in [6, 6.07) is 10.9. The van der Waals surface area contributed by atoms with Crippen LogP contribution in [0.2, 0.25) is 5.02 Å². The molecule has 5 heteroatoms. The van der Waals surface area contributed by atoms with Crippen molar-refractivity contribution in [2.75, 3.05) is 5.32 Å². The summed E-state index contributed by atoms with van der Waals surface area (Å²) in [6.45, 7) is 0. The van der Waals surface area contributed by atoms with Crippen LogP contribution in [0.1, 0.15) is 11.1 Å². The van der Waals surface area contributed by atoms with Gasteiger partial charge in [-0.05, 0) is 23.1 Å². The number of nitrogens with one attached hydrogen (secondary N) is 1. The molecule has 90 valence electrons. The Balaban J connectivity index is 2.06. The quantitative estimate of drug-likeness (QED) is 0.933. The van der Waals surface area contributed by atoms with E-state index >= 15 is 0 Å². The molecule has 3 nitrogen and oxygen atoms in total. The maximum atomic E-state index is 11.8. The van der Waals surface area contributed by atoms with Gasteiger partial charge in [0.2, 0.25) is 5.91 Å². The van der Waals surface area contributed by atoms with Crippen LogP contribution in [0.5, 0.6) is 0 Å². The van der Waals surface area contributed by atoms with Crippen LogP contribution in [0, 0.1) is 11.3 Å². The highest BCUT2D eigenvalue weighted by molar-refractivity contribution is 7.14. The largest absolute Gasteiger partial charge is 0.316 e. The van der Waals surface area contributed by atoms with Gasteiger partial charge in [0.05, 0.1) is 12.0 Å². The van der Waals surface area contributed by atoms with E-state index < -0.39 is 0 Å². The topological polar surface area (TPSA) is 52.9 Å². The molecule has 0 unspecified atom stereocenters. The molecule has 1 N–H and O–H groups in total. The molecule has 0 aliphatic heterocycles. The number of thiophene rings is 1. The Bertz CT molecular complexity index is 609. The van der Waals surface area contributed by atoms with Crippen LogP contribution in [0.4, 0.5) is 5.00 Å². The maximum Gasteiger partial charge on any atom is 0.229 e. The number of rotatable bonds is 3. The maximum absolute atomic E-state index is 11.8. The molecular weight excluding hydrogens is 268 g/mol. The van der Waals surface area contributed by atoms with Gasteiger partial charge in [0.25, 0.3) is 0 Å². The lowest BCUT2D eigenvalue weighted by Gasteiger charge is -2.05. The van der Waals surface area contributed by atoms with Crippen molar-refractivity contribution in [2.45, 2.75) is 6.42 Å². The minimum Gasteiger partial charge on any atom is -0.316 e. The zero-order valence-corrected chi connectivity index (χ0v) is 10.9. The Kier molecular flexibility index (Phi) is 3.98. The first-order chi connectivity index (χ1) is 8.70. The molecule has 1 amide bonds. The van der Waals surface area contributed by atoms with Crippen molar-refractivity contribution in [3.8, 4) is 6.07 Å². The molecule has 0 bridgehead atoms. The molecule has 2 rings (SSSR count). The lowest BCUT2D eigenvalue weighted by molar-refractivity contribution is -0.115. The lowest BCUT2D eigenvalue weighted by atomic mass is 10.1. The average molecular weight is 277 g/mol. The first-order valence-electron chi connectivity index (χ1n) is 5.21. The van der Waals surface area contributed by atoms with Crippen LogP contribution in [-0.2, 0) is 11.2 Å². The molecule has 0 atom stereocenters. The number of nitriles is 1. The molecule has 0 saturated carbocycles. The van der Waals surface area contributed by atoms with Crippen LogP contribution in [0.25, 0.3) is 0 Å². The van der Waals surface area contributed by atoms with Gasteiger partial charge in [-0.15, -0.1) is 11.3 Å². The number of anilines is 1. The molecule has 1 aromatic heterocycles. The molecule has 1 heterocycles. The van der Waals surface area contributed by atoms with Gasteiger partial charge in [-0.2, -0.15) is 5.26 Å². The van der Waals surface area contributed by atoms with Gasteiger partial charge in [-0.1, -0.05) is 29.8 Å². The van der Waals surface area contributed by atoms with Crippen LogP contribution < -0.4 is 5.32 Å². The van der Waals surface area contributed by atoms with Gasteiger partial charge in [-0.3, -0.25) is 4.79 Å². The van der Waals surface area contributed by atoms with E-state index in [1.165, 1.54) is 11.3 Å². The van der Waals surface area contributed by atoms with Gasteiger partial charge in [0, 0.05) is 5.02 Å². The third-order valence-electron chi connectivity index (χ3n) is 2.35. The van der Waals surface area contributed by atoms with E-state index in [0.717, 1.165) is 5.56 Å². The normalized spacial score (nSPS) is 9.78. The van der Waals surface area contributed by atoms with Crippen LogP contribution in [0.15, 0.2) is 35.7 Å². The Morgan fingerprint density at radius 2 is 2.17 bits per heavy atom. The average Bonchev–Trinajstić information content (AvgIpc) is 2.79. The number of carbonyl (C=O) groups is 1. The summed E-state index contributed by atoms with van der Waals surface area (Å²) < 4.78 is 0. The third-order valence-corrected chi connectivity index (χ3v) is 3.55. The van der Waals surface area contributed by atoms with Crippen molar-refractivity contribution >= 4 is 33.8 Å². The number of amides is 1. The van der Waals surface area contributed by atoms with Crippen LogP contribution >= 0.6 is 22.9 Å². The molecule has 2 aromatic rings. The van der Waals surface area contributed by atoms with Gasteiger partial charge >= 0.3 is 0 Å². The van der Waals surface area contributed by atoms with Gasteiger partial charge in [0.1, 0.15) is 11.1 Å². The molecule has 0 radical (unpaired) electrons. The standard InChI is InChI=1S/C13H9ClN2OS/c14-11-4-2-1-3-9(11)7-12(17)16-13-10(8-15)5-6-18-13/h1-6H,7H2,(H,16,17). The second-order valence-corrected chi connectivity index (χ2v) is 4.91. The minimum absolute atomic E-state index is 0.179. The molecule has 0 fully saturated rings. The number of benzene rings is 1. The second-order valence-electron chi connectivity index (χ2n) is 3.59. The van der Waals surface area contributed by atoms with Crippen molar-refractivity contribution in [2.24, 2.45) is 0 Å². The third kappa shape index (κ3) is 2.89. The Hall–Kier alpha value is -1.83. The van der Waals surface area contributed by atoms with Gasteiger partial charge < -0.3 is 5.32 Å². The summed E-state index contributed by atoms with van der Waals surface area (Å²) in [5.41, 5.74) is 1.25. The fraction of sp³-hybridized carbons (Fsp3) is 0.0769. The van der Waals surface area contributed by atoms with Crippen molar-refractivity contribution < 1.29 is 4.79 Å². The highest BCUT2D eigenvalue weighted by Gasteiger charge is 2.10. The van der Waals surface area contributed by atoms with Crippen molar-refractivity contribution in [1.82, 2.24) is 0 Å². The molecule has 1 aromatic carbocycles. The summed E-state index contributed by atoms with van der Waals surface area (Å²) in [5.74, 6) is -0.179. The predicted octanol–water partition coefficient (Wildman–Crippen LogP) is 3.45. The van der Waals surface area contributed by atoms with Crippen LogP contribution in [-0.4, -0.2) is 5.91 Å². The van der Waals surface area contributed by atoms with E-state index in [-0.39, 0.29) is 12.3 Å². The Labute approximate surface area is 114 Å². The molecular formula is C13H9ClN2OS. The number of halogens is 1. The van der Waals surface area contributed by atoms with Gasteiger partial charge in [-0.25, -0.2) is 0 Å². The number of hydrogen-bond acceptors (Lipinski definition) is 3. The summed E-state index contributed by atoms with van der Waals surface area (Å²) in [4.78, 5) is 11.8.